The first-order valence-corrected chi connectivity index (χ1v) is 7.75. The Morgan fingerprint density at radius 2 is 2.14 bits per heavy atom. The molecule has 8 heteroatoms. The van der Waals surface area contributed by atoms with Crippen molar-refractivity contribution in [3.63, 3.8) is 0 Å². The normalized spacial score (nSPS) is 14.7. The number of anilines is 2. The molecule has 22 heavy (non-hydrogen) atoms. The van der Waals surface area contributed by atoms with Gasteiger partial charge in [-0.25, -0.2) is 4.98 Å². The SMILES string of the molecule is O=CN1CCN(C(=O)c2csc(Nc3cccnc3)n2)CC1. The van der Waals surface area contributed by atoms with Crippen molar-refractivity contribution in [2.75, 3.05) is 31.5 Å². The van der Waals surface area contributed by atoms with Crippen LogP contribution in [0.5, 0.6) is 0 Å². The molecule has 0 aromatic carbocycles. The molecule has 2 aromatic heterocycles. The van der Waals surface area contributed by atoms with Crippen LogP contribution in [-0.2, 0) is 4.79 Å². The highest BCUT2D eigenvalue weighted by Gasteiger charge is 2.23. The first-order valence-electron chi connectivity index (χ1n) is 6.87. The fraction of sp³-hybridized carbons (Fsp3) is 0.286. The number of hydrogen-bond acceptors (Lipinski definition) is 6. The smallest absolute Gasteiger partial charge is 0.273 e. The van der Waals surface area contributed by atoms with E-state index in [2.05, 4.69) is 15.3 Å². The number of nitrogens with zero attached hydrogens (tertiary/aromatic N) is 4. The highest BCUT2D eigenvalue weighted by Crippen LogP contribution is 2.21. The third-order valence-electron chi connectivity index (χ3n) is 3.39. The molecular weight excluding hydrogens is 302 g/mol. The molecule has 3 heterocycles. The zero-order chi connectivity index (χ0) is 15.4. The highest BCUT2D eigenvalue weighted by molar-refractivity contribution is 7.14. The van der Waals surface area contributed by atoms with Gasteiger partial charge in [-0.2, -0.15) is 0 Å². The summed E-state index contributed by atoms with van der Waals surface area (Å²) in [7, 11) is 0. The number of rotatable bonds is 4. The lowest BCUT2D eigenvalue weighted by Gasteiger charge is -2.32. The molecule has 0 bridgehead atoms. The van der Waals surface area contributed by atoms with Gasteiger partial charge in [-0.05, 0) is 12.1 Å². The number of carbonyl (C=O) groups excluding carboxylic acids is 2. The van der Waals surface area contributed by atoms with Gasteiger partial charge in [-0.1, -0.05) is 0 Å². The topological polar surface area (TPSA) is 78.4 Å². The summed E-state index contributed by atoms with van der Waals surface area (Å²) in [6.07, 6.45) is 4.21. The van der Waals surface area contributed by atoms with Crippen LogP contribution in [0.3, 0.4) is 0 Å². The van der Waals surface area contributed by atoms with E-state index in [1.807, 2.05) is 12.1 Å². The standard InChI is InChI=1S/C14H15N5O2S/c20-10-18-4-6-19(7-5-18)13(21)12-9-22-14(17-12)16-11-2-1-3-15-8-11/h1-3,8-10H,4-7H2,(H,16,17). The summed E-state index contributed by atoms with van der Waals surface area (Å²) in [6, 6.07) is 3.71. The number of amides is 2. The Kier molecular flexibility index (Phi) is 4.29. The van der Waals surface area contributed by atoms with Gasteiger partial charge in [0.15, 0.2) is 5.13 Å². The largest absolute Gasteiger partial charge is 0.342 e. The number of thiazole rings is 1. The van der Waals surface area contributed by atoms with Crippen LogP contribution in [-0.4, -0.2) is 58.3 Å². The fourth-order valence-corrected chi connectivity index (χ4v) is 2.89. The summed E-state index contributed by atoms with van der Waals surface area (Å²) < 4.78 is 0. The summed E-state index contributed by atoms with van der Waals surface area (Å²) in [5, 5.41) is 5.52. The molecule has 1 fully saturated rings. The fourth-order valence-electron chi connectivity index (χ4n) is 2.18. The Morgan fingerprint density at radius 1 is 1.32 bits per heavy atom. The van der Waals surface area contributed by atoms with E-state index < -0.39 is 0 Å². The molecular formula is C14H15N5O2S. The van der Waals surface area contributed by atoms with Crippen LogP contribution in [0.1, 0.15) is 10.5 Å². The lowest BCUT2D eigenvalue weighted by Crippen LogP contribution is -2.48. The summed E-state index contributed by atoms with van der Waals surface area (Å²) in [6.45, 7) is 2.22. The van der Waals surface area contributed by atoms with Crippen molar-refractivity contribution < 1.29 is 9.59 Å². The third-order valence-corrected chi connectivity index (χ3v) is 4.14. The zero-order valence-electron chi connectivity index (χ0n) is 11.8. The van der Waals surface area contributed by atoms with Crippen LogP contribution >= 0.6 is 11.3 Å². The lowest BCUT2D eigenvalue weighted by molar-refractivity contribution is -0.119. The monoisotopic (exact) mass is 317 g/mol. The van der Waals surface area contributed by atoms with Crippen LogP contribution in [0, 0.1) is 0 Å². The molecule has 0 saturated carbocycles. The molecule has 1 aliphatic heterocycles. The van der Waals surface area contributed by atoms with Gasteiger partial charge in [0.05, 0.1) is 11.9 Å². The van der Waals surface area contributed by atoms with E-state index in [1.54, 1.807) is 27.6 Å². The van der Waals surface area contributed by atoms with E-state index in [9.17, 15) is 9.59 Å². The predicted molar refractivity (Wildman–Crippen MR) is 83.2 cm³/mol. The summed E-state index contributed by atoms with van der Waals surface area (Å²) in [5.41, 5.74) is 1.26. The van der Waals surface area contributed by atoms with Crippen molar-refractivity contribution in [2.45, 2.75) is 0 Å². The first kappa shape index (κ1) is 14.5. The molecule has 3 rings (SSSR count). The Hall–Kier alpha value is -2.48. The minimum absolute atomic E-state index is 0.0963. The van der Waals surface area contributed by atoms with Crippen LogP contribution in [0.4, 0.5) is 10.8 Å². The van der Waals surface area contributed by atoms with E-state index in [0.29, 0.717) is 37.0 Å². The van der Waals surface area contributed by atoms with Gasteiger partial charge in [0, 0.05) is 37.8 Å². The van der Waals surface area contributed by atoms with Crippen molar-refractivity contribution in [2.24, 2.45) is 0 Å². The second kappa shape index (κ2) is 6.52. The third kappa shape index (κ3) is 3.22. The Bertz CT molecular complexity index is 652. The molecule has 7 nitrogen and oxygen atoms in total. The van der Waals surface area contributed by atoms with Gasteiger partial charge in [-0.15, -0.1) is 11.3 Å². The van der Waals surface area contributed by atoms with E-state index in [-0.39, 0.29) is 5.91 Å². The quantitative estimate of drug-likeness (QED) is 0.857. The van der Waals surface area contributed by atoms with Gasteiger partial charge >= 0.3 is 0 Å². The number of hydrogen-bond donors (Lipinski definition) is 1. The average molecular weight is 317 g/mol. The van der Waals surface area contributed by atoms with Crippen molar-refractivity contribution in [3.05, 3.63) is 35.6 Å². The van der Waals surface area contributed by atoms with Gasteiger partial charge < -0.3 is 15.1 Å². The van der Waals surface area contributed by atoms with Crippen LogP contribution in [0.25, 0.3) is 0 Å². The minimum atomic E-state index is -0.0963. The maximum Gasteiger partial charge on any atom is 0.273 e. The van der Waals surface area contributed by atoms with Crippen molar-refractivity contribution >= 4 is 34.5 Å². The molecule has 1 aliphatic rings. The molecule has 0 aliphatic carbocycles. The highest BCUT2D eigenvalue weighted by atomic mass is 32.1. The second-order valence-electron chi connectivity index (χ2n) is 4.84. The molecule has 0 unspecified atom stereocenters. The van der Waals surface area contributed by atoms with Gasteiger partial charge in [0.2, 0.25) is 6.41 Å². The van der Waals surface area contributed by atoms with Gasteiger partial charge in [0.1, 0.15) is 5.69 Å². The van der Waals surface area contributed by atoms with Crippen LogP contribution < -0.4 is 5.32 Å². The number of aromatic nitrogens is 2. The predicted octanol–water partition coefficient (Wildman–Crippen LogP) is 1.20. The van der Waals surface area contributed by atoms with E-state index >= 15 is 0 Å². The maximum atomic E-state index is 12.4. The molecule has 2 aromatic rings. The van der Waals surface area contributed by atoms with Crippen molar-refractivity contribution in [1.82, 2.24) is 19.8 Å². The molecule has 0 atom stereocenters. The molecule has 114 valence electrons. The van der Waals surface area contributed by atoms with Gasteiger partial charge in [-0.3, -0.25) is 14.6 Å². The summed E-state index contributed by atoms with van der Waals surface area (Å²) in [5.74, 6) is -0.0963. The van der Waals surface area contributed by atoms with Crippen molar-refractivity contribution in [3.8, 4) is 0 Å². The van der Waals surface area contributed by atoms with E-state index in [4.69, 9.17) is 0 Å². The first-order chi connectivity index (χ1) is 10.8. The van der Waals surface area contributed by atoms with Crippen molar-refractivity contribution in [1.29, 1.82) is 0 Å². The lowest BCUT2D eigenvalue weighted by atomic mass is 10.3. The number of piperazine rings is 1. The summed E-state index contributed by atoms with van der Waals surface area (Å²) in [4.78, 5) is 34.8. The molecule has 0 radical (unpaired) electrons. The maximum absolute atomic E-state index is 12.4. The Morgan fingerprint density at radius 3 is 2.82 bits per heavy atom. The molecule has 0 spiro atoms. The average Bonchev–Trinajstić information content (AvgIpc) is 3.04. The molecule has 1 saturated heterocycles. The minimum Gasteiger partial charge on any atom is -0.342 e. The van der Waals surface area contributed by atoms with E-state index in [0.717, 1.165) is 12.1 Å². The molecule has 1 N–H and O–H groups in total. The number of nitrogens with one attached hydrogen (secondary N) is 1. The summed E-state index contributed by atoms with van der Waals surface area (Å²) >= 11 is 1.38. The van der Waals surface area contributed by atoms with Gasteiger partial charge in [0.25, 0.3) is 5.91 Å². The number of pyridine rings is 1. The zero-order valence-corrected chi connectivity index (χ0v) is 12.6. The van der Waals surface area contributed by atoms with Crippen LogP contribution in [0.2, 0.25) is 0 Å². The second-order valence-corrected chi connectivity index (χ2v) is 5.70. The Balaban J connectivity index is 1.63. The Labute approximate surface area is 131 Å². The van der Waals surface area contributed by atoms with Crippen LogP contribution in [0.15, 0.2) is 29.9 Å². The number of carbonyl (C=O) groups is 2. The molecule has 2 amide bonds. The van der Waals surface area contributed by atoms with E-state index in [1.165, 1.54) is 11.3 Å².